The first-order valence-electron chi connectivity index (χ1n) is 8.78. The molecule has 1 aromatic heterocycles. The van der Waals surface area contributed by atoms with Crippen molar-refractivity contribution < 1.29 is 14.3 Å². The summed E-state index contributed by atoms with van der Waals surface area (Å²) in [6.07, 6.45) is 1.77. The van der Waals surface area contributed by atoms with E-state index in [0.29, 0.717) is 18.0 Å². The summed E-state index contributed by atoms with van der Waals surface area (Å²) in [5.74, 6) is 1.28. The Morgan fingerprint density at radius 2 is 2.00 bits per heavy atom. The maximum absolute atomic E-state index is 12.7. The number of methoxy groups -OCH3 is 1. The van der Waals surface area contributed by atoms with Gasteiger partial charge in [-0.1, -0.05) is 17.7 Å². The number of aromatic nitrogens is 2. The lowest BCUT2D eigenvalue weighted by Gasteiger charge is -2.20. The second-order valence-corrected chi connectivity index (χ2v) is 6.72. The van der Waals surface area contributed by atoms with Gasteiger partial charge in [0.25, 0.3) is 0 Å². The molecule has 6 heteroatoms. The minimum atomic E-state index is -0.162. The minimum Gasteiger partial charge on any atom is -0.495 e. The van der Waals surface area contributed by atoms with E-state index in [1.807, 2.05) is 44.2 Å². The minimum absolute atomic E-state index is 0.111. The van der Waals surface area contributed by atoms with E-state index >= 15 is 0 Å². The van der Waals surface area contributed by atoms with E-state index in [1.165, 1.54) is 0 Å². The quantitative estimate of drug-likeness (QED) is 0.767. The van der Waals surface area contributed by atoms with Crippen LogP contribution in [0.15, 0.2) is 42.6 Å². The first kappa shape index (κ1) is 17.1. The van der Waals surface area contributed by atoms with E-state index in [4.69, 9.17) is 9.47 Å². The van der Waals surface area contributed by atoms with Crippen LogP contribution in [0.1, 0.15) is 16.7 Å². The fourth-order valence-corrected chi connectivity index (χ4v) is 3.32. The smallest absolute Gasteiger partial charge is 0.246 e. The molecule has 3 aromatic rings. The molecule has 0 unspecified atom stereocenters. The summed E-state index contributed by atoms with van der Waals surface area (Å²) in [6, 6.07) is 11.7. The van der Waals surface area contributed by atoms with Crippen LogP contribution in [-0.4, -0.2) is 22.8 Å². The standard InChI is InChI=1S/C21H21N3O3/c1-13-4-6-18-16(8-13)21-15(12-27-18)10-22-24(21)11-20(25)23-17-9-14(2)5-7-19(17)26-3/h4-10H,11-12H2,1-3H3,(H,23,25). The second kappa shape index (κ2) is 6.79. The third-order valence-electron chi connectivity index (χ3n) is 4.61. The van der Waals surface area contributed by atoms with Gasteiger partial charge in [0.1, 0.15) is 24.7 Å². The number of hydrogen-bond acceptors (Lipinski definition) is 4. The Morgan fingerprint density at radius 1 is 1.22 bits per heavy atom. The Bertz CT molecular complexity index is 1020. The summed E-state index contributed by atoms with van der Waals surface area (Å²) in [6.45, 7) is 4.57. The van der Waals surface area contributed by atoms with Crippen molar-refractivity contribution in [2.45, 2.75) is 27.0 Å². The van der Waals surface area contributed by atoms with E-state index in [-0.39, 0.29) is 12.5 Å². The lowest BCUT2D eigenvalue weighted by molar-refractivity contribution is -0.116. The molecule has 0 spiro atoms. The van der Waals surface area contributed by atoms with Crippen LogP contribution in [-0.2, 0) is 17.9 Å². The summed E-state index contributed by atoms with van der Waals surface area (Å²) in [5.41, 5.74) is 5.72. The lowest BCUT2D eigenvalue weighted by Crippen LogP contribution is -2.21. The van der Waals surface area contributed by atoms with E-state index in [1.54, 1.807) is 18.0 Å². The van der Waals surface area contributed by atoms with Crippen molar-refractivity contribution in [2.75, 3.05) is 12.4 Å². The molecule has 2 heterocycles. The normalized spacial score (nSPS) is 12.0. The van der Waals surface area contributed by atoms with Crippen molar-refractivity contribution in [3.8, 4) is 22.8 Å². The molecule has 0 bridgehead atoms. The van der Waals surface area contributed by atoms with Gasteiger partial charge in [-0.2, -0.15) is 5.10 Å². The number of aryl methyl sites for hydroxylation is 2. The van der Waals surface area contributed by atoms with Crippen LogP contribution in [0.4, 0.5) is 5.69 Å². The van der Waals surface area contributed by atoms with Crippen LogP contribution in [0.2, 0.25) is 0 Å². The Labute approximate surface area is 157 Å². The summed E-state index contributed by atoms with van der Waals surface area (Å²) in [7, 11) is 1.59. The number of rotatable bonds is 4. The second-order valence-electron chi connectivity index (χ2n) is 6.72. The van der Waals surface area contributed by atoms with E-state index in [9.17, 15) is 4.79 Å². The largest absolute Gasteiger partial charge is 0.495 e. The molecule has 0 atom stereocenters. The molecule has 0 radical (unpaired) electrons. The third kappa shape index (κ3) is 3.26. The van der Waals surface area contributed by atoms with Crippen LogP contribution in [0.5, 0.6) is 11.5 Å². The summed E-state index contributed by atoms with van der Waals surface area (Å²) < 4.78 is 12.9. The van der Waals surface area contributed by atoms with E-state index in [2.05, 4.69) is 16.5 Å². The van der Waals surface area contributed by atoms with Gasteiger partial charge in [-0.05, 0) is 43.7 Å². The number of hydrogen-bond donors (Lipinski definition) is 1. The van der Waals surface area contributed by atoms with Gasteiger partial charge in [0.05, 0.1) is 24.7 Å². The highest BCUT2D eigenvalue weighted by Crippen LogP contribution is 2.38. The number of anilines is 1. The van der Waals surface area contributed by atoms with Crippen LogP contribution in [0.25, 0.3) is 11.3 Å². The van der Waals surface area contributed by atoms with Crippen molar-refractivity contribution in [3.63, 3.8) is 0 Å². The number of carbonyl (C=O) groups excluding carboxylic acids is 1. The van der Waals surface area contributed by atoms with Crippen molar-refractivity contribution in [1.82, 2.24) is 9.78 Å². The van der Waals surface area contributed by atoms with E-state index in [0.717, 1.165) is 33.7 Å². The first-order chi connectivity index (χ1) is 13.0. The van der Waals surface area contributed by atoms with Crippen molar-refractivity contribution in [1.29, 1.82) is 0 Å². The number of nitrogens with one attached hydrogen (secondary N) is 1. The predicted molar refractivity (Wildman–Crippen MR) is 103 cm³/mol. The van der Waals surface area contributed by atoms with Crippen LogP contribution in [0.3, 0.4) is 0 Å². The maximum Gasteiger partial charge on any atom is 0.246 e. The summed E-state index contributed by atoms with van der Waals surface area (Å²) in [4.78, 5) is 12.7. The number of fused-ring (bicyclic) bond motifs is 3. The zero-order chi connectivity index (χ0) is 19.0. The lowest BCUT2D eigenvalue weighted by atomic mass is 10.0. The van der Waals surface area contributed by atoms with Gasteiger partial charge in [-0.25, -0.2) is 0 Å². The Kier molecular flexibility index (Phi) is 4.32. The molecule has 4 rings (SSSR count). The van der Waals surface area contributed by atoms with Crippen molar-refractivity contribution >= 4 is 11.6 Å². The summed E-state index contributed by atoms with van der Waals surface area (Å²) >= 11 is 0. The zero-order valence-corrected chi connectivity index (χ0v) is 15.6. The van der Waals surface area contributed by atoms with Crippen LogP contribution < -0.4 is 14.8 Å². The molecular weight excluding hydrogens is 342 g/mol. The average molecular weight is 363 g/mol. The zero-order valence-electron chi connectivity index (χ0n) is 15.6. The molecule has 0 fully saturated rings. The van der Waals surface area contributed by atoms with Gasteiger partial charge in [0.2, 0.25) is 5.91 Å². The predicted octanol–water partition coefficient (Wildman–Crippen LogP) is 3.71. The SMILES string of the molecule is COc1ccc(C)cc1NC(=O)Cn1ncc2c1-c1cc(C)ccc1OC2. The Morgan fingerprint density at radius 3 is 2.81 bits per heavy atom. The fourth-order valence-electron chi connectivity index (χ4n) is 3.32. The highest BCUT2D eigenvalue weighted by Gasteiger charge is 2.23. The first-order valence-corrected chi connectivity index (χ1v) is 8.78. The van der Waals surface area contributed by atoms with Gasteiger partial charge in [0.15, 0.2) is 0 Å². The molecule has 1 N–H and O–H groups in total. The van der Waals surface area contributed by atoms with Crippen LogP contribution >= 0.6 is 0 Å². The van der Waals surface area contributed by atoms with Gasteiger partial charge >= 0.3 is 0 Å². The number of carbonyl (C=O) groups is 1. The van der Waals surface area contributed by atoms with Crippen molar-refractivity contribution in [2.24, 2.45) is 0 Å². The van der Waals surface area contributed by atoms with E-state index < -0.39 is 0 Å². The molecule has 27 heavy (non-hydrogen) atoms. The Balaban J connectivity index is 1.61. The molecule has 0 saturated carbocycles. The number of amides is 1. The average Bonchev–Trinajstić information content (AvgIpc) is 3.05. The van der Waals surface area contributed by atoms with Crippen molar-refractivity contribution in [3.05, 3.63) is 59.3 Å². The monoisotopic (exact) mass is 363 g/mol. The molecule has 1 aliphatic heterocycles. The number of ether oxygens (including phenoxy) is 2. The van der Waals surface area contributed by atoms with Crippen LogP contribution in [0, 0.1) is 13.8 Å². The highest BCUT2D eigenvalue weighted by atomic mass is 16.5. The van der Waals surface area contributed by atoms with Gasteiger partial charge in [0, 0.05) is 11.1 Å². The third-order valence-corrected chi connectivity index (χ3v) is 4.61. The molecule has 138 valence electrons. The summed E-state index contributed by atoms with van der Waals surface area (Å²) in [5, 5.41) is 7.34. The van der Waals surface area contributed by atoms with Gasteiger partial charge < -0.3 is 14.8 Å². The maximum atomic E-state index is 12.7. The number of benzene rings is 2. The highest BCUT2D eigenvalue weighted by molar-refractivity contribution is 5.92. The molecule has 1 amide bonds. The van der Waals surface area contributed by atoms with Gasteiger partial charge in [-0.15, -0.1) is 0 Å². The topological polar surface area (TPSA) is 65.4 Å². The molecule has 2 aromatic carbocycles. The number of nitrogens with zero attached hydrogens (tertiary/aromatic N) is 2. The molecule has 1 aliphatic rings. The van der Waals surface area contributed by atoms with Gasteiger partial charge in [-0.3, -0.25) is 9.48 Å². The molecular formula is C21H21N3O3. The fraction of sp³-hybridized carbons (Fsp3) is 0.238. The molecule has 0 saturated heterocycles. The Hall–Kier alpha value is -3.28. The molecule has 6 nitrogen and oxygen atoms in total. The molecule has 0 aliphatic carbocycles.